The Hall–Kier alpha value is -7.04. The Morgan fingerprint density at radius 3 is 2.00 bits per heavy atom. The monoisotopic (exact) mass is 766 g/mol. The lowest BCUT2D eigenvalue weighted by Gasteiger charge is -2.26. The first-order valence-electron chi connectivity index (χ1n) is 20.4. The highest BCUT2D eigenvalue weighted by molar-refractivity contribution is 6.31. The molecule has 0 aliphatic carbocycles. The Morgan fingerprint density at radius 1 is 0.492 bits per heavy atom. The van der Waals surface area contributed by atoms with Crippen LogP contribution in [0.5, 0.6) is 0 Å². The maximum Gasteiger partial charge on any atom is 0.125 e. The second kappa shape index (κ2) is 13.8. The summed E-state index contributed by atoms with van der Waals surface area (Å²) < 4.78 is 32.3. The second-order valence-electron chi connectivity index (χ2n) is 16.1. The zero-order chi connectivity index (χ0) is 39.8. The molecule has 0 saturated heterocycles. The Balaban J connectivity index is 1.16. The van der Waals surface area contributed by atoms with E-state index in [1.165, 1.54) is 50.4 Å². The highest BCUT2D eigenvalue weighted by atomic mass is 19.1. The van der Waals surface area contributed by atoms with Gasteiger partial charge in [-0.15, -0.1) is 0 Å². The first-order valence-corrected chi connectivity index (χ1v) is 20.4. The fraction of sp³-hybridized carbons (Fsp3) is 0.0909. The normalized spacial score (nSPS) is 12.5. The van der Waals surface area contributed by atoms with E-state index in [2.05, 4.69) is 157 Å². The Morgan fingerprint density at radius 2 is 1.20 bits per heavy atom. The quantitative estimate of drug-likeness (QED) is 0.149. The van der Waals surface area contributed by atoms with Gasteiger partial charge in [0.15, 0.2) is 0 Å². The van der Waals surface area contributed by atoms with Crippen molar-refractivity contribution in [1.29, 1.82) is 0 Å². The minimum Gasteiger partial charge on any atom is -0.310 e. The molecule has 0 aliphatic rings. The van der Waals surface area contributed by atoms with Crippen LogP contribution in [0, 0.1) is 25.5 Å². The smallest absolute Gasteiger partial charge is 0.125 e. The maximum atomic E-state index is 15.0. The summed E-state index contributed by atoms with van der Waals surface area (Å²) in [6.07, 6.45) is 1.74. The number of hydrogen-bond donors (Lipinski definition) is 0. The van der Waals surface area contributed by atoms with Crippen molar-refractivity contribution < 1.29 is 8.78 Å². The zero-order valence-electron chi connectivity index (χ0n) is 32.9. The molecule has 2 aromatic heterocycles. The Labute approximate surface area is 341 Å². The lowest BCUT2D eigenvalue weighted by atomic mass is 9.85. The van der Waals surface area contributed by atoms with Gasteiger partial charge in [0.05, 0.1) is 22.2 Å². The van der Waals surface area contributed by atoms with E-state index in [4.69, 9.17) is 0 Å². The lowest BCUT2D eigenvalue weighted by molar-refractivity contribution is 0.620. The SMILES string of the molecule is Cc1ccc(CCC(c2cccc(F)c2)c2ccc3cc4c5ccc(N(c6ccc(C)cc6)c6cccc(F)c6)c6c7ccc8ccccc8c7n(c4cc3c2)c56)cc1. The fourth-order valence-electron chi connectivity index (χ4n) is 9.51. The molecule has 0 saturated carbocycles. The van der Waals surface area contributed by atoms with Crippen LogP contribution in [0.1, 0.15) is 40.2 Å². The summed E-state index contributed by atoms with van der Waals surface area (Å²) in [5.74, 6) is -0.478. The van der Waals surface area contributed by atoms with Gasteiger partial charge in [-0.1, -0.05) is 126 Å². The average Bonchev–Trinajstić information content (AvgIpc) is 3.77. The standard InChI is InChI=1S/C55H40F2N2/c1-34-13-17-36(18-14-34)19-25-46(39-8-5-9-42(56)30-39)40-21-20-38-31-50-48-27-28-51(58(44-23-15-35(2)16-24-44)45-11-6-10-43(57)33-45)53-49-26-22-37-7-3-4-12-47(37)54(49)59(55(48)53)52(50)32-41(38)29-40/h3-18,20-24,26-33,46H,19,25H2,1-2H3. The van der Waals surface area contributed by atoms with Crippen molar-refractivity contribution in [2.75, 3.05) is 4.90 Å². The van der Waals surface area contributed by atoms with Crippen molar-refractivity contribution in [3.63, 3.8) is 0 Å². The van der Waals surface area contributed by atoms with Crippen LogP contribution in [0.3, 0.4) is 0 Å². The number of anilines is 3. The van der Waals surface area contributed by atoms with E-state index in [0.29, 0.717) is 0 Å². The van der Waals surface area contributed by atoms with Crippen LogP contribution in [-0.2, 0) is 6.42 Å². The molecule has 2 nitrogen and oxygen atoms in total. The molecule has 0 amide bonds. The van der Waals surface area contributed by atoms with Gasteiger partial charge in [-0.05, 0) is 120 Å². The third-order valence-corrected chi connectivity index (χ3v) is 12.4. The third-order valence-electron chi connectivity index (χ3n) is 12.4. The van der Waals surface area contributed by atoms with Crippen LogP contribution in [0.15, 0.2) is 176 Å². The van der Waals surface area contributed by atoms with Crippen molar-refractivity contribution in [3.8, 4) is 0 Å². The number of rotatable bonds is 8. The molecule has 0 radical (unpaired) electrons. The molecule has 0 bridgehead atoms. The molecule has 9 aromatic carbocycles. The van der Waals surface area contributed by atoms with Crippen LogP contribution >= 0.6 is 0 Å². The number of aromatic nitrogens is 1. The molecule has 11 aromatic rings. The number of fused-ring (bicyclic) bond motifs is 9. The molecule has 1 unspecified atom stereocenters. The summed E-state index contributed by atoms with van der Waals surface area (Å²) in [6.45, 7) is 4.20. The van der Waals surface area contributed by atoms with E-state index in [1.807, 2.05) is 12.1 Å². The van der Waals surface area contributed by atoms with Gasteiger partial charge in [0.25, 0.3) is 0 Å². The van der Waals surface area contributed by atoms with Crippen LogP contribution in [0.2, 0.25) is 0 Å². The Bertz CT molecular complexity index is 3380. The van der Waals surface area contributed by atoms with E-state index >= 15 is 4.39 Å². The van der Waals surface area contributed by atoms with E-state index < -0.39 is 0 Å². The van der Waals surface area contributed by atoms with Crippen molar-refractivity contribution in [2.24, 2.45) is 0 Å². The van der Waals surface area contributed by atoms with Crippen molar-refractivity contribution in [1.82, 2.24) is 4.40 Å². The van der Waals surface area contributed by atoms with E-state index in [0.717, 1.165) is 79.1 Å². The average molecular weight is 767 g/mol. The van der Waals surface area contributed by atoms with Gasteiger partial charge in [0.1, 0.15) is 11.6 Å². The predicted octanol–water partition coefficient (Wildman–Crippen LogP) is 15.3. The van der Waals surface area contributed by atoms with Gasteiger partial charge in [-0.2, -0.15) is 0 Å². The van der Waals surface area contributed by atoms with E-state index in [-0.39, 0.29) is 17.6 Å². The summed E-state index contributed by atoms with van der Waals surface area (Å²) in [5, 5.41) is 9.26. The lowest BCUT2D eigenvalue weighted by Crippen LogP contribution is -2.10. The molecule has 0 N–H and O–H groups in total. The molecule has 0 fully saturated rings. The van der Waals surface area contributed by atoms with Crippen LogP contribution in [0.4, 0.5) is 25.8 Å². The maximum absolute atomic E-state index is 15.0. The highest BCUT2D eigenvalue weighted by Crippen LogP contribution is 2.49. The van der Waals surface area contributed by atoms with Crippen LogP contribution in [-0.4, -0.2) is 4.40 Å². The zero-order valence-corrected chi connectivity index (χ0v) is 32.9. The molecule has 2 heterocycles. The predicted molar refractivity (Wildman–Crippen MR) is 243 cm³/mol. The van der Waals surface area contributed by atoms with Gasteiger partial charge in [-0.25, -0.2) is 8.78 Å². The van der Waals surface area contributed by atoms with Crippen molar-refractivity contribution in [2.45, 2.75) is 32.6 Å². The number of benzene rings is 9. The molecule has 4 heteroatoms. The first-order chi connectivity index (χ1) is 28.9. The molecule has 0 aliphatic heterocycles. The number of nitrogens with zero attached hydrogens (tertiary/aromatic N) is 2. The van der Waals surface area contributed by atoms with Crippen LogP contribution in [0.25, 0.3) is 59.6 Å². The number of aryl methyl sites for hydroxylation is 3. The molecule has 1 atom stereocenters. The molecule has 59 heavy (non-hydrogen) atoms. The first kappa shape index (κ1) is 35.1. The minimum atomic E-state index is -0.279. The summed E-state index contributed by atoms with van der Waals surface area (Å²) in [4.78, 5) is 2.19. The summed E-state index contributed by atoms with van der Waals surface area (Å²) in [7, 11) is 0. The molecular formula is C55H40F2N2. The Kier molecular flexibility index (Phi) is 8.23. The summed E-state index contributed by atoms with van der Waals surface area (Å²) >= 11 is 0. The molecule has 0 spiro atoms. The molecule has 11 rings (SSSR count). The largest absolute Gasteiger partial charge is 0.310 e. The van der Waals surface area contributed by atoms with Gasteiger partial charge in [0.2, 0.25) is 0 Å². The number of hydrogen-bond acceptors (Lipinski definition) is 1. The molecule has 284 valence electrons. The second-order valence-corrected chi connectivity index (χ2v) is 16.1. The fourth-order valence-corrected chi connectivity index (χ4v) is 9.51. The van der Waals surface area contributed by atoms with Crippen molar-refractivity contribution >= 4 is 76.7 Å². The van der Waals surface area contributed by atoms with Gasteiger partial charge in [0, 0.05) is 44.2 Å². The van der Waals surface area contributed by atoms with Crippen molar-refractivity contribution in [3.05, 3.63) is 215 Å². The van der Waals surface area contributed by atoms with E-state index in [1.54, 1.807) is 18.2 Å². The topological polar surface area (TPSA) is 7.65 Å². The highest BCUT2D eigenvalue weighted by Gasteiger charge is 2.26. The van der Waals surface area contributed by atoms with Gasteiger partial charge in [-0.3, -0.25) is 0 Å². The summed E-state index contributed by atoms with van der Waals surface area (Å²) in [6, 6.07) is 60.2. The van der Waals surface area contributed by atoms with Gasteiger partial charge >= 0.3 is 0 Å². The third kappa shape index (κ3) is 5.89. The van der Waals surface area contributed by atoms with Crippen LogP contribution < -0.4 is 4.90 Å². The molecular weight excluding hydrogens is 727 g/mol. The van der Waals surface area contributed by atoms with Gasteiger partial charge < -0.3 is 9.30 Å². The summed E-state index contributed by atoms with van der Waals surface area (Å²) in [5.41, 5.74) is 12.0. The number of halogens is 2. The van der Waals surface area contributed by atoms with E-state index in [9.17, 15) is 4.39 Å². The minimum absolute atomic E-state index is 0.0167.